The van der Waals surface area contributed by atoms with Gasteiger partial charge >= 0.3 is 0 Å². The van der Waals surface area contributed by atoms with E-state index in [0.717, 1.165) is 31.1 Å². The zero-order chi connectivity index (χ0) is 13.0. The highest BCUT2D eigenvalue weighted by atomic mass is 16.5. The minimum Gasteiger partial charge on any atom is -0.493 e. The molecular formula is C14H21NO3. The molecule has 0 spiro atoms. The summed E-state index contributed by atoms with van der Waals surface area (Å²) in [5.41, 5.74) is 2.57. The highest BCUT2D eigenvalue weighted by Crippen LogP contribution is 2.35. The molecule has 2 rings (SSSR count). The van der Waals surface area contributed by atoms with Crippen molar-refractivity contribution in [2.45, 2.75) is 19.4 Å². The highest BCUT2D eigenvalue weighted by molar-refractivity contribution is 5.49. The second-order valence-corrected chi connectivity index (χ2v) is 4.32. The second kappa shape index (κ2) is 6.07. The van der Waals surface area contributed by atoms with E-state index in [1.54, 1.807) is 14.2 Å². The van der Waals surface area contributed by atoms with Crippen molar-refractivity contribution in [2.75, 3.05) is 34.0 Å². The third-order valence-electron chi connectivity index (χ3n) is 3.29. The molecule has 100 valence electrons. The minimum absolute atomic E-state index is 0.244. The average Bonchev–Trinajstić information content (AvgIpc) is 2.43. The molecule has 4 heteroatoms. The summed E-state index contributed by atoms with van der Waals surface area (Å²) in [6.07, 6.45) is 1.01. The summed E-state index contributed by atoms with van der Waals surface area (Å²) in [5.74, 6) is 1.58. The number of benzene rings is 1. The lowest BCUT2D eigenvalue weighted by atomic mass is 9.94. The summed E-state index contributed by atoms with van der Waals surface area (Å²) in [5, 5.41) is 3.48. The molecule has 0 bridgehead atoms. The molecular weight excluding hydrogens is 230 g/mol. The molecule has 0 aliphatic carbocycles. The van der Waals surface area contributed by atoms with Crippen molar-refractivity contribution in [1.29, 1.82) is 0 Å². The number of nitrogens with one attached hydrogen (secondary N) is 1. The lowest BCUT2D eigenvalue weighted by Crippen LogP contribution is -2.32. The van der Waals surface area contributed by atoms with Gasteiger partial charge in [-0.05, 0) is 43.1 Å². The first-order chi connectivity index (χ1) is 8.80. The molecule has 18 heavy (non-hydrogen) atoms. The van der Waals surface area contributed by atoms with Crippen LogP contribution in [-0.4, -0.2) is 34.0 Å². The van der Waals surface area contributed by atoms with E-state index in [1.165, 1.54) is 11.1 Å². The number of ether oxygens (including phenoxy) is 3. The van der Waals surface area contributed by atoms with Gasteiger partial charge < -0.3 is 19.5 Å². The van der Waals surface area contributed by atoms with Gasteiger partial charge in [-0.2, -0.15) is 0 Å². The average molecular weight is 251 g/mol. The van der Waals surface area contributed by atoms with Crippen molar-refractivity contribution in [3.05, 3.63) is 23.3 Å². The SMILES string of the molecule is CCOCC1NCCc2cc(OC)c(OC)cc21. The monoisotopic (exact) mass is 251 g/mol. The number of methoxy groups -OCH3 is 2. The molecule has 0 saturated carbocycles. The van der Waals surface area contributed by atoms with E-state index in [2.05, 4.69) is 17.4 Å². The molecule has 1 unspecified atom stereocenters. The Bertz CT molecular complexity index is 406. The molecule has 1 heterocycles. The van der Waals surface area contributed by atoms with Crippen molar-refractivity contribution >= 4 is 0 Å². The minimum atomic E-state index is 0.244. The maximum atomic E-state index is 5.53. The molecule has 1 aliphatic heterocycles. The number of rotatable bonds is 5. The van der Waals surface area contributed by atoms with E-state index < -0.39 is 0 Å². The van der Waals surface area contributed by atoms with Crippen molar-refractivity contribution in [3.63, 3.8) is 0 Å². The predicted molar refractivity (Wildman–Crippen MR) is 70.5 cm³/mol. The van der Waals surface area contributed by atoms with Crippen LogP contribution in [0.25, 0.3) is 0 Å². The molecule has 4 nitrogen and oxygen atoms in total. The normalized spacial score (nSPS) is 18.3. The third-order valence-corrected chi connectivity index (χ3v) is 3.29. The molecule has 0 saturated heterocycles. The lowest BCUT2D eigenvalue weighted by molar-refractivity contribution is 0.121. The molecule has 0 aromatic heterocycles. The van der Waals surface area contributed by atoms with Gasteiger partial charge in [0.1, 0.15) is 0 Å². The van der Waals surface area contributed by atoms with Crippen LogP contribution in [0.4, 0.5) is 0 Å². The summed E-state index contributed by atoms with van der Waals surface area (Å²) in [7, 11) is 3.33. The lowest BCUT2D eigenvalue weighted by Gasteiger charge is -2.27. The second-order valence-electron chi connectivity index (χ2n) is 4.32. The quantitative estimate of drug-likeness (QED) is 0.868. The first kappa shape index (κ1) is 13.2. The largest absolute Gasteiger partial charge is 0.493 e. The van der Waals surface area contributed by atoms with E-state index in [9.17, 15) is 0 Å². The van der Waals surface area contributed by atoms with Gasteiger partial charge in [0, 0.05) is 6.61 Å². The molecule has 0 fully saturated rings. The van der Waals surface area contributed by atoms with Crippen LogP contribution in [0, 0.1) is 0 Å². The Morgan fingerprint density at radius 3 is 2.61 bits per heavy atom. The smallest absolute Gasteiger partial charge is 0.161 e. The van der Waals surface area contributed by atoms with E-state index in [0.29, 0.717) is 6.61 Å². The van der Waals surface area contributed by atoms with Gasteiger partial charge in [0.05, 0.1) is 26.9 Å². The van der Waals surface area contributed by atoms with Crippen molar-refractivity contribution in [2.24, 2.45) is 0 Å². The molecule has 1 atom stereocenters. The van der Waals surface area contributed by atoms with E-state index in [-0.39, 0.29) is 6.04 Å². The summed E-state index contributed by atoms with van der Waals surface area (Å²) in [6.45, 7) is 4.42. The van der Waals surface area contributed by atoms with Crippen LogP contribution in [-0.2, 0) is 11.2 Å². The Balaban J connectivity index is 2.31. The van der Waals surface area contributed by atoms with Crippen LogP contribution < -0.4 is 14.8 Å². The maximum Gasteiger partial charge on any atom is 0.161 e. The topological polar surface area (TPSA) is 39.7 Å². The summed E-state index contributed by atoms with van der Waals surface area (Å²) in [4.78, 5) is 0. The van der Waals surface area contributed by atoms with Gasteiger partial charge in [0.2, 0.25) is 0 Å². The first-order valence-electron chi connectivity index (χ1n) is 6.36. The molecule has 1 aromatic carbocycles. The third kappa shape index (κ3) is 2.60. The first-order valence-corrected chi connectivity index (χ1v) is 6.36. The fourth-order valence-electron chi connectivity index (χ4n) is 2.35. The molecule has 1 N–H and O–H groups in total. The van der Waals surface area contributed by atoms with Crippen molar-refractivity contribution < 1.29 is 14.2 Å². The molecule has 1 aromatic rings. The van der Waals surface area contributed by atoms with Gasteiger partial charge in [-0.15, -0.1) is 0 Å². The Morgan fingerprint density at radius 2 is 1.94 bits per heavy atom. The number of fused-ring (bicyclic) bond motifs is 1. The van der Waals surface area contributed by atoms with E-state index in [1.807, 2.05) is 6.92 Å². The summed E-state index contributed by atoms with van der Waals surface area (Å²) in [6, 6.07) is 4.38. The molecule has 1 aliphatic rings. The van der Waals surface area contributed by atoms with Gasteiger partial charge in [-0.3, -0.25) is 0 Å². The highest BCUT2D eigenvalue weighted by Gasteiger charge is 2.22. The maximum absolute atomic E-state index is 5.53. The Hall–Kier alpha value is -1.26. The fraction of sp³-hybridized carbons (Fsp3) is 0.571. The summed E-state index contributed by atoms with van der Waals surface area (Å²) < 4.78 is 16.2. The number of hydrogen-bond donors (Lipinski definition) is 1. The Kier molecular flexibility index (Phi) is 4.44. The van der Waals surface area contributed by atoms with Crippen LogP contribution in [0.5, 0.6) is 11.5 Å². The van der Waals surface area contributed by atoms with E-state index in [4.69, 9.17) is 14.2 Å². The van der Waals surface area contributed by atoms with Gasteiger partial charge in [-0.25, -0.2) is 0 Å². The zero-order valence-electron chi connectivity index (χ0n) is 11.3. The standard InChI is InChI=1S/C14H21NO3/c1-4-18-9-12-11-8-14(17-3)13(16-2)7-10(11)5-6-15-12/h7-8,12,15H,4-6,9H2,1-3H3. The molecule has 0 radical (unpaired) electrons. The van der Waals surface area contributed by atoms with E-state index >= 15 is 0 Å². The Morgan fingerprint density at radius 1 is 1.22 bits per heavy atom. The zero-order valence-corrected chi connectivity index (χ0v) is 11.3. The number of hydrogen-bond acceptors (Lipinski definition) is 4. The predicted octanol–water partition coefficient (Wildman–Crippen LogP) is 1.93. The van der Waals surface area contributed by atoms with Gasteiger partial charge in [0.25, 0.3) is 0 Å². The van der Waals surface area contributed by atoms with Crippen LogP contribution in [0.1, 0.15) is 24.1 Å². The van der Waals surface area contributed by atoms with Crippen LogP contribution in [0.2, 0.25) is 0 Å². The van der Waals surface area contributed by atoms with Gasteiger partial charge in [0.15, 0.2) is 11.5 Å². The fourth-order valence-corrected chi connectivity index (χ4v) is 2.35. The van der Waals surface area contributed by atoms with Crippen molar-refractivity contribution in [3.8, 4) is 11.5 Å². The van der Waals surface area contributed by atoms with Crippen LogP contribution in [0.15, 0.2) is 12.1 Å². The summed E-state index contributed by atoms with van der Waals surface area (Å²) >= 11 is 0. The Labute approximate surface area is 108 Å². The van der Waals surface area contributed by atoms with Crippen molar-refractivity contribution in [1.82, 2.24) is 5.32 Å². The van der Waals surface area contributed by atoms with Crippen LogP contribution >= 0.6 is 0 Å². The van der Waals surface area contributed by atoms with Gasteiger partial charge in [-0.1, -0.05) is 0 Å². The van der Waals surface area contributed by atoms with Crippen LogP contribution in [0.3, 0.4) is 0 Å². The molecule has 0 amide bonds.